The maximum absolute atomic E-state index is 11.6. The number of rotatable bonds is 4. The molecule has 0 radical (unpaired) electrons. The normalized spacial score (nSPS) is 15.2. The number of methoxy groups -OCH3 is 1. The van der Waals surface area contributed by atoms with Gasteiger partial charge in [-0.15, -0.1) is 0 Å². The van der Waals surface area contributed by atoms with Gasteiger partial charge in [-0.25, -0.2) is 10.5 Å². The van der Waals surface area contributed by atoms with Crippen LogP contribution in [0.15, 0.2) is 18.2 Å². The van der Waals surface area contributed by atoms with Crippen LogP contribution in [0, 0.1) is 5.92 Å². The lowest BCUT2D eigenvalue weighted by Crippen LogP contribution is -2.53. The van der Waals surface area contributed by atoms with Crippen molar-refractivity contribution in [2.45, 2.75) is 0 Å². The molecule has 20 heavy (non-hydrogen) atoms. The molecule has 1 aliphatic rings. The van der Waals surface area contributed by atoms with Gasteiger partial charge in [0.05, 0.1) is 24.8 Å². The molecule has 1 aromatic heterocycles. The molecule has 0 atom stereocenters. The minimum atomic E-state index is -0.0811. The van der Waals surface area contributed by atoms with E-state index < -0.39 is 0 Å². The summed E-state index contributed by atoms with van der Waals surface area (Å²) in [6.07, 6.45) is 0. The van der Waals surface area contributed by atoms with Gasteiger partial charge in [-0.1, -0.05) is 17.4 Å². The molecule has 0 aliphatic carbocycles. The van der Waals surface area contributed by atoms with Crippen LogP contribution in [0.5, 0.6) is 5.75 Å². The first-order valence-corrected chi connectivity index (χ1v) is 7.06. The molecule has 0 spiro atoms. The Kier molecular flexibility index (Phi) is 3.45. The molecule has 6 nitrogen and oxygen atoms in total. The number of benzene rings is 1. The van der Waals surface area contributed by atoms with Crippen molar-refractivity contribution in [1.82, 2.24) is 10.5 Å². The fraction of sp³-hybridized carbons (Fsp3) is 0.385. The van der Waals surface area contributed by atoms with Gasteiger partial charge < -0.3 is 9.64 Å². The summed E-state index contributed by atoms with van der Waals surface area (Å²) in [6, 6.07) is 5.87. The average molecular weight is 293 g/mol. The van der Waals surface area contributed by atoms with E-state index in [1.54, 1.807) is 18.4 Å². The molecule has 106 valence electrons. The molecule has 0 bridgehead atoms. The second-order valence-corrected chi connectivity index (χ2v) is 5.58. The number of amides is 1. The van der Waals surface area contributed by atoms with Crippen molar-refractivity contribution in [2.24, 2.45) is 5.92 Å². The van der Waals surface area contributed by atoms with Crippen LogP contribution in [0.1, 0.15) is 0 Å². The highest BCUT2D eigenvalue weighted by molar-refractivity contribution is 7.22. The molecule has 1 aliphatic heterocycles. The number of hydroxylamine groups is 1. The Labute approximate surface area is 120 Å². The number of carbonyl (C=O) groups is 1. The number of ether oxygens (including phenoxy) is 1. The minimum absolute atomic E-state index is 0.0381. The first-order valence-electron chi connectivity index (χ1n) is 6.24. The van der Waals surface area contributed by atoms with Gasteiger partial charge in [0.15, 0.2) is 5.13 Å². The Morgan fingerprint density at radius 1 is 1.45 bits per heavy atom. The van der Waals surface area contributed by atoms with Crippen molar-refractivity contribution in [3.63, 3.8) is 0 Å². The molecule has 1 amide bonds. The zero-order valence-electron chi connectivity index (χ0n) is 11.3. The van der Waals surface area contributed by atoms with Gasteiger partial charge in [0.2, 0.25) is 5.91 Å². The Bertz CT molecular complexity index is 637. The van der Waals surface area contributed by atoms with E-state index in [0.717, 1.165) is 21.1 Å². The van der Waals surface area contributed by atoms with Crippen molar-refractivity contribution < 1.29 is 14.4 Å². The van der Waals surface area contributed by atoms with Crippen molar-refractivity contribution in [3.05, 3.63) is 18.2 Å². The van der Waals surface area contributed by atoms with Gasteiger partial charge in [-0.3, -0.25) is 9.63 Å². The van der Waals surface area contributed by atoms with E-state index in [1.165, 1.54) is 7.11 Å². The smallest absolute Gasteiger partial charge is 0.250 e. The SMILES string of the molecule is CONC(=O)C1CN(c2nc3c(OC)cccc3s2)C1. The quantitative estimate of drug-likeness (QED) is 0.864. The predicted molar refractivity (Wildman–Crippen MR) is 77.0 cm³/mol. The van der Waals surface area contributed by atoms with Crippen LogP contribution >= 0.6 is 11.3 Å². The summed E-state index contributed by atoms with van der Waals surface area (Å²) in [5.74, 6) is 0.658. The molecule has 2 aromatic rings. The molecule has 1 aromatic carbocycles. The second-order valence-electron chi connectivity index (χ2n) is 4.58. The molecule has 1 fully saturated rings. The Morgan fingerprint density at radius 3 is 2.95 bits per heavy atom. The highest BCUT2D eigenvalue weighted by atomic mass is 32.1. The third-order valence-corrected chi connectivity index (χ3v) is 4.40. The van der Waals surface area contributed by atoms with Crippen LogP contribution in [-0.4, -0.2) is 38.2 Å². The lowest BCUT2D eigenvalue weighted by Gasteiger charge is -2.37. The van der Waals surface area contributed by atoms with Crippen molar-refractivity contribution in [1.29, 1.82) is 0 Å². The zero-order chi connectivity index (χ0) is 14.1. The Balaban J connectivity index is 1.75. The van der Waals surface area contributed by atoms with E-state index in [0.29, 0.717) is 13.1 Å². The van der Waals surface area contributed by atoms with Crippen LogP contribution in [0.3, 0.4) is 0 Å². The van der Waals surface area contributed by atoms with Crippen molar-refractivity contribution in [2.75, 3.05) is 32.2 Å². The number of hydrogen-bond donors (Lipinski definition) is 1. The third kappa shape index (κ3) is 2.19. The summed E-state index contributed by atoms with van der Waals surface area (Å²) in [7, 11) is 3.08. The van der Waals surface area contributed by atoms with Crippen LogP contribution in [0.25, 0.3) is 10.2 Å². The summed E-state index contributed by atoms with van der Waals surface area (Å²) in [5, 5.41) is 0.922. The standard InChI is InChI=1S/C13H15N3O3S/c1-18-9-4-3-5-10-11(9)14-13(20-10)16-6-8(7-16)12(17)15-19-2/h3-5,8H,6-7H2,1-2H3,(H,15,17). The molecular weight excluding hydrogens is 278 g/mol. The molecule has 0 unspecified atom stereocenters. The minimum Gasteiger partial charge on any atom is -0.494 e. The van der Waals surface area contributed by atoms with E-state index in [9.17, 15) is 4.79 Å². The number of nitrogens with zero attached hydrogens (tertiary/aromatic N) is 2. The first-order chi connectivity index (χ1) is 9.72. The van der Waals surface area contributed by atoms with Gasteiger partial charge in [-0.05, 0) is 12.1 Å². The maximum atomic E-state index is 11.6. The molecule has 0 saturated carbocycles. The van der Waals surface area contributed by atoms with Gasteiger partial charge >= 0.3 is 0 Å². The van der Waals surface area contributed by atoms with Crippen LogP contribution in [0.2, 0.25) is 0 Å². The highest BCUT2D eigenvalue weighted by Crippen LogP contribution is 2.36. The molecule has 3 rings (SSSR count). The number of carbonyl (C=O) groups excluding carboxylic acids is 1. The number of nitrogens with one attached hydrogen (secondary N) is 1. The highest BCUT2D eigenvalue weighted by Gasteiger charge is 2.34. The van der Waals surface area contributed by atoms with Crippen molar-refractivity contribution in [3.8, 4) is 5.75 Å². The monoisotopic (exact) mass is 293 g/mol. The van der Waals surface area contributed by atoms with Crippen LogP contribution < -0.4 is 15.1 Å². The number of para-hydroxylation sites is 1. The molecule has 1 saturated heterocycles. The number of aromatic nitrogens is 1. The lowest BCUT2D eigenvalue weighted by atomic mass is 10.0. The molecule has 1 N–H and O–H groups in total. The number of hydrogen-bond acceptors (Lipinski definition) is 6. The summed E-state index contributed by atoms with van der Waals surface area (Å²) >= 11 is 1.61. The third-order valence-electron chi connectivity index (χ3n) is 3.32. The van der Waals surface area contributed by atoms with E-state index in [1.807, 2.05) is 18.2 Å². The number of thiazole rings is 1. The predicted octanol–water partition coefficient (Wildman–Crippen LogP) is 1.42. The fourth-order valence-electron chi connectivity index (χ4n) is 2.20. The van der Waals surface area contributed by atoms with Gasteiger partial charge in [0, 0.05) is 13.1 Å². The van der Waals surface area contributed by atoms with Crippen LogP contribution in [-0.2, 0) is 9.63 Å². The van der Waals surface area contributed by atoms with Crippen molar-refractivity contribution >= 4 is 32.6 Å². The second kappa shape index (κ2) is 5.26. The van der Waals surface area contributed by atoms with E-state index in [-0.39, 0.29) is 11.8 Å². The average Bonchev–Trinajstić information content (AvgIpc) is 2.80. The summed E-state index contributed by atoms with van der Waals surface area (Å²) < 4.78 is 6.40. The molecule has 2 heterocycles. The molecular formula is C13H15N3O3S. The van der Waals surface area contributed by atoms with Crippen LogP contribution in [0.4, 0.5) is 5.13 Å². The number of fused-ring (bicyclic) bond motifs is 1. The zero-order valence-corrected chi connectivity index (χ0v) is 12.1. The summed E-state index contributed by atoms with van der Waals surface area (Å²) in [4.78, 5) is 22.9. The molecule has 7 heteroatoms. The Morgan fingerprint density at radius 2 is 2.25 bits per heavy atom. The van der Waals surface area contributed by atoms with E-state index in [4.69, 9.17) is 4.74 Å². The largest absolute Gasteiger partial charge is 0.494 e. The van der Waals surface area contributed by atoms with Gasteiger partial charge in [0.1, 0.15) is 11.3 Å². The van der Waals surface area contributed by atoms with E-state index >= 15 is 0 Å². The topological polar surface area (TPSA) is 63.7 Å². The lowest BCUT2D eigenvalue weighted by molar-refractivity contribution is -0.136. The first kappa shape index (κ1) is 13.1. The Hall–Kier alpha value is -1.86. The number of anilines is 1. The van der Waals surface area contributed by atoms with E-state index in [2.05, 4.69) is 20.2 Å². The maximum Gasteiger partial charge on any atom is 0.250 e. The van der Waals surface area contributed by atoms with Gasteiger partial charge in [-0.2, -0.15) is 0 Å². The van der Waals surface area contributed by atoms with Gasteiger partial charge in [0.25, 0.3) is 0 Å². The summed E-state index contributed by atoms with van der Waals surface area (Å²) in [5.41, 5.74) is 3.24. The summed E-state index contributed by atoms with van der Waals surface area (Å²) in [6.45, 7) is 1.33. The fourth-order valence-corrected chi connectivity index (χ4v) is 3.20.